The number of esters is 1. The van der Waals surface area contributed by atoms with Crippen LogP contribution in [-0.2, 0) is 14.3 Å². The van der Waals surface area contributed by atoms with E-state index in [-0.39, 0.29) is 18.5 Å². The van der Waals surface area contributed by atoms with Gasteiger partial charge in [0.05, 0.1) is 25.4 Å². The number of hydrogen-bond acceptors (Lipinski definition) is 5. The zero-order chi connectivity index (χ0) is 45.1. The molecule has 0 rings (SSSR count). The zero-order valence-corrected chi connectivity index (χ0v) is 41.4. The summed E-state index contributed by atoms with van der Waals surface area (Å²) in [6, 6.07) is -0.655. The second-order valence-electron chi connectivity index (χ2n) is 18.5. The first-order chi connectivity index (χ1) is 30.5. The molecule has 364 valence electrons. The highest BCUT2D eigenvalue weighted by atomic mass is 16.5. The Hall–Kier alpha value is -1.92. The van der Waals surface area contributed by atoms with Gasteiger partial charge in [0.2, 0.25) is 5.91 Å². The van der Waals surface area contributed by atoms with E-state index in [1.165, 1.54) is 180 Å². The number of allylic oxidation sites excluding steroid dienone is 5. The lowest BCUT2D eigenvalue weighted by atomic mass is 10.0. The summed E-state index contributed by atoms with van der Waals surface area (Å²) in [5, 5.41) is 23.1. The van der Waals surface area contributed by atoms with Crippen molar-refractivity contribution < 1.29 is 24.5 Å². The lowest BCUT2D eigenvalue weighted by Crippen LogP contribution is -2.45. The standard InChI is InChI=1S/C56H105NO5/c1-3-5-7-9-11-13-15-17-18-19-20-21-22-23-24-25-26-27-28-32-36-40-44-48-54(59)53(52-58)57-55(60)49-45-41-37-33-30-31-35-39-43-47-51-62-56(61)50-46-42-38-34-29-16-14-12-10-8-6-4-2/h12,14,31,35,44,48,53-54,58-59H,3-11,13,15-30,32-34,36-43,45-47,49-52H2,1-2H3,(H,57,60)/b14-12-,35-31-,48-44+. The Bertz CT molecular complexity index is 1010. The average molecular weight is 872 g/mol. The van der Waals surface area contributed by atoms with Crippen molar-refractivity contribution in [3.05, 3.63) is 36.5 Å². The molecule has 0 radical (unpaired) electrons. The molecule has 0 heterocycles. The number of hydrogen-bond donors (Lipinski definition) is 3. The highest BCUT2D eigenvalue weighted by Gasteiger charge is 2.18. The number of ether oxygens (including phenoxy) is 1. The second kappa shape index (κ2) is 51.7. The van der Waals surface area contributed by atoms with Crippen molar-refractivity contribution >= 4 is 11.9 Å². The highest BCUT2D eigenvalue weighted by Crippen LogP contribution is 2.16. The molecular formula is C56H105NO5. The van der Waals surface area contributed by atoms with E-state index >= 15 is 0 Å². The van der Waals surface area contributed by atoms with E-state index in [0.29, 0.717) is 19.4 Å². The van der Waals surface area contributed by atoms with Crippen LogP contribution in [0.25, 0.3) is 0 Å². The Labute approximate surface area is 385 Å². The first-order valence-corrected chi connectivity index (χ1v) is 27.3. The van der Waals surface area contributed by atoms with Crippen molar-refractivity contribution in [3.63, 3.8) is 0 Å². The Morgan fingerprint density at radius 1 is 0.435 bits per heavy atom. The van der Waals surface area contributed by atoms with Gasteiger partial charge >= 0.3 is 5.97 Å². The molecule has 2 unspecified atom stereocenters. The van der Waals surface area contributed by atoms with Crippen LogP contribution in [0.3, 0.4) is 0 Å². The zero-order valence-electron chi connectivity index (χ0n) is 41.4. The van der Waals surface area contributed by atoms with Gasteiger partial charge in [0.15, 0.2) is 0 Å². The van der Waals surface area contributed by atoms with Gasteiger partial charge in [0, 0.05) is 12.8 Å². The molecule has 0 fully saturated rings. The summed E-state index contributed by atoms with van der Waals surface area (Å²) in [6.07, 6.45) is 63.0. The number of aliphatic hydroxyl groups is 2. The number of nitrogens with one attached hydrogen (secondary N) is 1. The van der Waals surface area contributed by atoms with E-state index in [1.807, 2.05) is 6.08 Å². The fourth-order valence-electron chi connectivity index (χ4n) is 8.15. The number of carbonyl (C=O) groups is 2. The first-order valence-electron chi connectivity index (χ1n) is 27.3. The molecule has 6 nitrogen and oxygen atoms in total. The molecule has 0 aromatic heterocycles. The third-order valence-electron chi connectivity index (χ3n) is 12.4. The molecule has 2 atom stereocenters. The summed E-state index contributed by atoms with van der Waals surface area (Å²) in [7, 11) is 0. The van der Waals surface area contributed by atoms with Crippen LogP contribution >= 0.6 is 0 Å². The fraction of sp³-hybridized carbons (Fsp3) is 0.857. The summed E-state index contributed by atoms with van der Waals surface area (Å²) in [5.74, 6) is -0.151. The maximum Gasteiger partial charge on any atom is 0.305 e. The average Bonchev–Trinajstić information content (AvgIpc) is 3.27. The number of aliphatic hydroxyl groups excluding tert-OH is 2. The van der Waals surface area contributed by atoms with Gasteiger partial charge in [-0.15, -0.1) is 0 Å². The number of rotatable bonds is 50. The number of unbranched alkanes of at least 4 members (excludes halogenated alkanes) is 35. The molecule has 0 aromatic rings. The smallest absolute Gasteiger partial charge is 0.305 e. The molecule has 0 aliphatic heterocycles. The molecule has 0 aromatic carbocycles. The molecular weight excluding hydrogens is 767 g/mol. The molecule has 0 bridgehead atoms. The van der Waals surface area contributed by atoms with Crippen LogP contribution in [0.5, 0.6) is 0 Å². The maximum atomic E-state index is 12.5. The Morgan fingerprint density at radius 2 is 0.758 bits per heavy atom. The molecule has 3 N–H and O–H groups in total. The number of carbonyl (C=O) groups excluding carboxylic acids is 2. The van der Waals surface area contributed by atoms with Crippen molar-refractivity contribution in [1.82, 2.24) is 5.32 Å². The minimum Gasteiger partial charge on any atom is -0.466 e. The van der Waals surface area contributed by atoms with Crippen molar-refractivity contribution in [2.45, 2.75) is 296 Å². The largest absolute Gasteiger partial charge is 0.466 e. The van der Waals surface area contributed by atoms with Gasteiger partial charge in [-0.2, -0.15) is 0 Å². The van der Waals surface area contributed by atoms with Gasteiger partial charge in [-0.3, -0.25) is 9.59 Å². The summed E-state index contributed by atoms with van der Waals surface area (Å²) >= 11 is 0. The van der Waals surface area contributed by atoms with Crippen LogP contribution in [0.4, 0.5) is 0 Å². The van der Waals surface area contributed by atoms with Crippen molar-refractivity contribution in [1.29, 1.82) is 0 Å². The SMILES string of the molecule is CCCCC/C=C\CCCCCCCC(=O)OCCCC/C=C\CCCCCCC(=O)NC(CO)C(O)/C=C/CCCCCCCCCCCCCCCCCCCCCCC. The molecule has 0 spiro atoms. The van der Waals surface area contributed by atoms with Crippen LogP contribution in [0, 0.1) is 0 Å². The van der Waals surface area contributed by atoms with E-state index in [2.05, 4.69) is 43.5 Å². The lowest BCUT2D eigenvalue weighted by Gasteiger charge is -2.20. The summed E-state index contributed by atoms with van der Waals surface area (Å²) in [5.41, 5.74) is 0. The van der Waals surface area contributed by atoms with Gasteiger partial charge < -0.3 is 20.3 Å². The molecule has 62 heavy (non-hydrogen) atoms. The topological polar surface area (TPSA) is 95.9 Å². The minimum atomic E-state index is -0.868. The Balaban J connectivity index is 3.56. The number of amides is 1. The minimum absolute atomic E-state index is 0.0485. The summed E-state index contributed by atoms with van der Waals surface area (Å²) < 4.78 is 5.41. The van der Waals surface area contributed by atoms with Gasteiger partial charge in [-0.05, 0) is 83.5 Å². The molecule has 0 saturated heterocycles. The van der Waals surface area contributed by atoms with Crippen LogP contribution < -0.4 is 5.32 Å². The van der Waals surface area contributed by atoms with E-state index < -0.39 is 12.1 Å². The van der Waals surface area contributed by atoms with Crippen molar-refractivity contribution in [2.75, 3.05) is 13.2 Å². The predicted octanol–water partition coefficient (Wildman–Crippen LogP) is 16.5. The maximum absolute atomic E-state index is 12.5. The van der Waals surface area contributed by atoms with E-state index in [1.54, 1.807) is 6.08 Å². The van der Waals surface area contributed by atoms with E-state index in [4.69, 9.17) is 4.74 Å². The van der Waals surface area contributed by atoms with Crippen LogP contribution in [0.1, 0.15) is 284 Å². The molecule has 6 heteroatoms. The summed E-state index contributed by atoms with van der Waals surface area (Å²) in [4.78, 5) is 24.4. The predicted molar refractivity (Wildman–Crippen MR) is 269 cm³/mol. The monoisotopic (exact) mass is 872 g/mol. The van der Waals surface area contributed by atoms with Gasteiger partial charge in [0.1, 0.15) is 0 Å². The van der Waals surface area contributed by atoms with Crippen molar-refractivity contribution in [2.24, 2.45) is 0 Å². The normalized spacial score (nSPS) is 12.9. The lowest BCUT2D eigenvalue weighted by molar-refractivity contribution is -0.143. The Morgan fingerprint density at radius 3 is 1.18 bits per heavy atom. The molecule has 0 aliphatic rings. The van der Waals surface area contributed by atoms with Crippen LogP contribution in [0.2, 0.25) is 0 Å². The molecule has 0 saturated carbocycles. The third kappa shape index (κ3) is 47.6. The van der Waals surface area contributed by atoms with Crippen molar-refractivity contribution in [3.8, 4) is 0 Å². The van der Waals surface area contributed by atoms with Crippen LogP contribution in [-0.4, -0.2) is 47.4 Å². The van der Waals surface area contributed by atoms with Crippen LogP contribution in [0.15, 0.2) is 36.5 Å². The van der Waals surface area contributed by atoms with E-state index in [0.717, 1.165) is 77.0 Å². The molecule has 1 amide bonds. The first kappa shape index (κ1) is 60.1. The quantitative estimate of drug-likeness (QED) is 0.0321. The Kier molecular flexibility index (Phi) is 50.1. The van der Waals surface area contributed by atoms with Gasteiger partial charge in [-0.1, -0.05) is 224 Å². The van der Waals surface area contributed by atoms with Gasteiger partial charge in [-0.25, -0.2) is 0 Å². The van der Waals surface area contributed by atoms with E-state index in [9.17, 15) is 19.8 Å². The second-order valence-corrected chi connectivity index (χ2v) is 18.5. The van der Waals surface area contributed by atoms with Gasteiger partial charge in [0.25, 0.3) is 0 Å². The fourth-order valence-corrected chi connectivity index (χ4v) is 8.15. The third-order valence-corrected chi connectivity index (χ3v) is 12.4. The highest BCUT2D eigenvalue weighted by molar-refractivity contribution is 5.76. The molecule has 0 aliphatic carbocycles. The summed E-state index contributed by atoms with van der Waals surface area (Å²) in [6.45, 7) is 4.79.